The Balaban J connectivity index is 2.00. The molecule has 4 nitrogen and oxygen atoms in total. The Morgan fingerprint density at radius 1 is 1.47 bits per heavy atom. The van der Waals surface area contributed by atoms with Crippen molar-refractivity contribution in [3.05, 3.63) is 23.8 Å². The van der Waals surface area contributed by atoms with Crippen LogP contribution in [0.2, 0.25) is 0 Å². The average molecular weight is 427 g/mol. The molecule has 6 heteroatoms. The van der Waals surface area contributed by atoms with E-state index in [1.165, 1.54) is 19.9 Å². The quantitative estimate of drug-likeness (QED) is 0.328. The van der Waals surface area contributed by atoms with Gasteiger partial charge >= 0.3 is 11.9 Å². The maximum Gasteiger partial charge on any atom is 0.313 e. The smallest absolute Gasteiger partial charge is 0.313 e. The Bertz CT molecular complexity index is 785. The highest BCUT2D eigenvalue weighted by atomic mass is 19.3. The maximum absolute atomic E-state index is 13.9. The van der Waals surface area contributed by atoms with Crippen LogP contribution in [0.4, 0.5) is 8.78 Å². The van der Waals surface area contributed by atoms with Crippen molar-refractivity contribution in [3.8, 4) is 11.8 Å². The molecule has 0 aromatic rings. The van der Waals surface area contributed by atoms with E-state index in [9.17, 15) is 23.8 Å². The molecule has 0 heterocycles. The molecule has 2 rings (SSSR count). The van der Waals surface area contributed by atoms with Gasteiger partial charge in [0.25, 0.3) is 0 Å². The lowest BCUT2D eigenvalue weighted by molar-refractivity contribution is -0.143. The molecule has 30 heavy (non-hydrogen) atoms. The van der Waals surface area contributed by atoms with Gasteiger partial charge in [0.15, 0.2) is 0 Å². The van der Waals surface area contributed by atoms with Gasteiger partial charge in [0.05, 0.1) is 24.7 Å². The molecular formula is C24H34F2O4. The highest BCUT2D eigenvalue weighted by molar-refractivity contribution is 5.69. The number of hydrogen-bond acceptors (Lipinski definition) is 4. The molecule has 2 aliphatic carbocycles. The second kappa shape index (κ2) is 11.1. The van der Waals surface area contributed by atoms with E-state index < -0.39 is 36.4 Å². The molecule has 6 atom stereocenters. The molecule has 0 aliphatic heterocycles. The Morgan fingerprint density at radius 2 is 2.20 bits per heavy atom. The van der Waals surface area contributed by atoms with Gasteiger partial charge in [-0.1, -0.05) is 30.7 Å². The van der Waals surface area contributed by atoms with E-state index in [-0.39, 0.29) is 37.2 Å². The molecule has 0 amide bonds. The molecule has 0 bridgehead atoms. The van der Waals surface area contributed by atoms with Crippen molar-refractivity contribution in [1.82, 2.24) is 0 Å². The van der Waals surface area contributed by atoms with Crippen molar-refractivity contribution in [3.63, 3.8) is 0 Å². The zero-order valence-corrected chi connectivity index (χ0v) is 17.9. The van der Waals surface area contributed by atoms with Crippen molar-refractivity contribution in [1.29, 1.82) is 0 Å². The number of rotatable bonds is 9. The van der Waals surface area contributed by atoms with Crippen molar-refractivity contribution in [2.24, 2.45) is 23.7 Å². The summed E-state index contributed by atoms with van der Waals surface area (Å²) >= 11 is 0. The highest BCUT2D eigenvalue weighted by Gasteiger charge is 2.45. The predicted octanol–water partition coefficient (Wildman–Crippen LogP) is 4.27. The van der Waals surface area contributed by atoms with E-state index in [0.29, 0.717) is 12.8 Å². The van der Waals surface area contributed by atoms with Crippen LogP contribution < -0.4 is 0 Å². The minimum Gasteiger partial charge on any atom is -0.466 e. The monoisotopic (exact) mass is 426 g/mol. The third-order valence-corrected chi connectivity index (χ3v) is 6.13. The van der Waals surface area contributed by atoms with Gasteiger partial charge in [0.1, 0.15) is 0 Å². The Labute approximate surface area is 181 Å². The largest absolute Gasteiger partial charge is 0.466 e. The number of carbonyl (C=O) groups excluding carboxylic acids is 1. The summed E-state index contributed by atoms with van der Waals surface area (Å²) in [7, 11) is 0. The fourth-order valence-electron chi connectivity index (χ4n) is 4.45. The number of aliphatic hydroxyl groups excluding tert-OH is 2. The number of ether oxygens (including phenoxy) is 1. The predicted molar refractivity (Wildman–Crippen MR) is 112 cm³/mol. The SMILES string of the molecule is [2H]C([2H])(C/C=C1\C[C@H]2C[C@@H](O)[C@H](/C=C/[C@@H](O)C(C)C(F)(F)C#CC)[C@H]2C1)CC(=O)OCC. The first-order valence-corrected chi connectivity index (χ1v) is 10.6. The first kappa shape index (κ1) is 21.5. The number of allylic oxidation sites excluding steroid dienone is 2. The van der Waals surface area contributed by atoms with Gasteiger partial charge in [0.2, 0.25) is 0 Å². The summed E-state index contributed by atoms with van der Waals surface area (Å²) in [5, 5.41) is 20.6. The Hall–Kier alpha value is -1.71. The summed E-state index contributed by atoms with van der Waals surface area (Å²) in [5.41, 5.74) is 1.08. The molecule has 0 spiro atoms. The molecule has 2 saturated carbocycles. The second-order valence-corrected chi connectivity index (χ2v) is 8.17. The van der Waals surface area contributed by atoms with Crippen LogP contribution in [0.25, 0.3) is 0 Å². The summed E-state index contributed by atoms with van der Waals surface area (Å²) in [6.45, 7) is 4.46. The normalized spacial score (nSPS) is 31.0. The lowest BCUT2D eigenvalue weighted by atomic mass is 9.89. The summed E-state index contributed by atoms with van der Waals surface area (Å²) in [6.07, 6.45) is 2.95. The summed E-state index contributed by atoms with van der Waals surface area (Å²) in [6, 6.07) is 0. The van der Waals surface area contributed by atoms with Gasteiger partial charge in [0, 0.05) is 15.1 Å². The second-order valence-electron chi connectivity index (χ2n) is 8.17. The van der Waals surface area contributed by atoms with Crippen LogP contribution in [0.3, 0.4) is 0 Å². The molecule has 168 valence electrons. The number of hydrogen-bond donors (Lipinski definition) is 2. The fourth-order valence-corrected chi connectivity index (χ4v) is 4.45. The molecule has 2 fully saturated rings. The van der Waals surface area contributed by atoms with Crippen molar-refractivity contribution < 1.29 is 31.3 Å². The van der Waals surface area contributed by atoms with Crippen LogP contribution in [0.1, 0.15) is 62.0 Å². The van der Waals surface area contributed by atoms with Crippen LogP contribution in [-0.4, -0.2) is 40.9 Å². The van der Waals surface area contributed by atoms with Crippen LogP contribution in [0.15, 0.2) is 23.8 Å². The lowest BCUT2D eigenvalue weighted by Gasteiger charge is -2.23. The molecule has 0 aromatic carbocycles. The summed E-state index contributed by atoms with van der Waals surface area (Å²) in [5.74, 6) is -1.13. The summed E-state index contributed by atoms with van der Waals surface area (Å²) < 4.78 is 48.8. The minimum atomic E-state index is -3.30. The van der Waals surface area contributed by atoms with Crippen molar-refractivity contribution in [2.75, 3.05) is 6.61 Å². The van der Waals surface area contributed by atoms with Crippen LogP contribution in [0.5, 0.6) is 0 Å². The third kappa shape index (κ3) is 6.39. The number of fused-ring (bicyclic) bond motifs is 1. The summed E-state index contributed by atoms with van der Waals surface area (Å²) in [4.78, 5) is 11.6. The molecule has 0 saturated heterocycles. The van der Waals surface area contributed by atoms with Crippen LogP contribution in [-0.2, 0) is 9.53 Å². The fraction of sp³-hybridized carbons (Fsp3) is 0.708. The molecule has 2 N–H and O–H groups in total. The van der Waals surface area contributed by atoms with Crippen LogP contribution in [0, 0.1) is 35.5 Å². The van der Waals surface area contributed by atoms with Gasteiger partial charge in [-0.05, 0) is 63.7 Å². The zero-order chi connectivity index (χ0) is 24.1. The van der Waals surface area contributed by atoms with Crippen molar-refractivity contribution >= 4 is 5.97 Å². The number of halogens is 2. The van der Waals surface area contributed by atoms with E-state index in [1.54, 1.807) is 13.0 Å². The van der Waals surface area contributed by atoms with Gasteiger partial charge < -0.3 is 14.9 Å². The van der Waals surface area contributed by atoms with E-state index in [1.807, 2.05) is 12.0 Å². The maximum atomic E-state index is 13.9. The van der Waals surface area contributed by atoms with E-state index in [2.05, 4.69) is 5.92 Å². The van der Waals surface area contributed by atoms with E-state index in [4.69, 9.17) is 7.48 Å². The Kier molecular flexibility index (Phi) is 7.94. The number of esters is 1. The van der Waals surface area contributed by atoms with Gasteiger partial charge in [-0.15, -0.1) is 5.92 Å². The van der Waals surface area contributed by atoms with E-state index >= 15 is 0 Å². The lowest BCUT2D eigenvalue weighted by Crippen LogP contribution is -2.33. The van der Waals surface area contributed by atoms with E-state index in [0.717, 1.165) is 12.0 Å². The molecular weight excluding hydrogens is 390 g/mol. The van der Waals surface area contributed by atoms with Gasteiger partial charge in [-0.3, -0.25) is 4.79 Å². The van der Waals surface area contributed by atoms with Crippen LogP contribution >= 0.6 is 0 Å². The first-order valence-electron chi connectivity index (χ1n) is 11.6. The van der Waals surface area contributed by atoms with Crippen molar-refractivity contribution in [2.45, 2.75) is 77.4 Å². The topological polar surface area (TPSA) is 66.8 Å². The molecule has 0 aromatic heterocycles. The standard InChI is InChI=1S/C24H34F2O4/c1-4-12-24(25,26)16(3)21(27)11-10-19-20-14-17(13-18(20)15-22(19)28)8-6-7-9-23(29)30-5-2/h8,10-11,16,18-22,27-28H,5-7,9,13-15H2,1-3H3/b11-10+,17-8+/t16?,18-,19+,20-,21+,22+/m0/s1/i7D2. The third-order valence-electron chi connectivity index (χ3n) is 6.13. The number of carbonyl (C=O) groups is 1. The molecule has 0 radical (unpaired) electrons. The van der Waals surface area contributed by atoms with Gasteiger partial charge in [-0.2, -0.15) is 8.78 Å². The number of alkyl halides is 2. The average Bonchev–Trinajstić information content (AvgIpc) is 3.20. The molecule has 2 aliphatic rings. The molecule has 1 unspecified atom stereocenters. The van der Waals surface area contributed by atoms with Gasteiger partial charge in [-0.25, -0.2) is 0 Å². The zero-order valence-electron chi connectivity index (χ0n) is 19.9. The Morgan fingerprint density at radius 3 is 2.87 bits per heavy atom. The number of aliphatic hydroxyl groups is 2. The first-order chi connectivity index (χ1) is 14.9. The minimum absolute atomic E-state index is 0.105. The highest BCUT2D eigenvalue weighted by Crippen LogP contribution is 2.50.